The average Bonchev–Trinajstić information content (AvgIpc) is 2.80. The maximum absolute atomic E-state index is 12.7. The minimum absolute atomic E-state index is 0.0622. The van der Waals surface area contributed by atoms with Gasteiger partial charge in [0.25, 0.3) is 5.82 Å². The highest BCUT2D eigenvalue weighted by molar-refractivity contribution is 5.76. The average molecular weight is 343 g/mol. The molecule has 1 aromatic heterocycles. The predicted octanol–water partition coefficient (Wildman–Crippen LogP) is 3.78. The van der Waals surface area contributed by atoms with Crippen molar-refractivity contribution in [1.29, 1.82) is 0 Å². The van der Waals surface area contributed by atoms with E-state index in [1.807, 2.05) is 26.1 Å². The predicted molar refractivity (Wildman–Crippen MR) is 99.1 cm³/mol. The second-order valence-electron chi connectivity index (χ2n) is 8.04. The quantitative estimate of drug-likeness (QED) is 0.625. The van der Waals surface area contributed by atoms with E-state index < -0.39 is 0 Å². The molecule has 1 fully saturated rings. The van der Waals surface area contributed by atoms with E-state index in [0.717, 1.165) is 29.7 Å². The first-order valence-electron chi connectivity index (χ1n) is 9.51. The molecule has 1 saturated carbocycles. The Morgan fingerprint density at radius 1 is 1.32 bits per heavy atom. The van der Waals surface area contributed by atoms with Crippen LogP contribution in [0.4, 0.5) is 0 Å². The summed E-state index contributed by atoms with van der Waals surface area (Å²) < 4.78 is 10.2. The highest BCUT2D eigenvalue weighted by atomic mass is 16.5. The number of esters is 1. The molecular formula is C21H31N2O2+. The molecule has 4 heteroatoms. The second kappa shape index (κ2) is 7.19. The summed E-state index contributed by atoms with van der Waals surface area (Å²) in [6, 6.07) is 8.19. The van der Waals surface area contributed by atoms with Crippen molar-refractivity contribution in [1.82, 2.24) is 4.57 Å². The topological polar surface area (TPSA) is 35.1 Å². The fraction of sp³-hybridized carbons (Fsp3) is 0.619. The number of fused-ring (bicyclic) bond motifs is 1. The molecule has 3 rings (SSSR count). The summed E-state index contributed by atoms with van der Waals surface area (Å²) in [7, 11) is 2.04. The molecule has 0 aliphatic heterocycles. The van der Waals surface area contributed by atoms with Crippen molar-refractivity contribution in [2.24, 2.45) is 24.8 Å². The van der Waals surface area contributed by atoms with Gasteiger partial charge in [0, 0.05) is 6.92 Å². The van der Waals surface area contributed by atoms with Crippen molar-refractivity contribution in [2.45, 2.75) is 59.6 Å². The fourth-order valence-corrected chi connectivity index (χ4v) is 4.29. The van der Waals surface area contributed by atoms with Crippen molar-refractivity contribution in [3.63, 3.8) is 0 Å². The molecule has 1 aromatic carbocycles. The summed E-state index contributed by atoms with van der Waals surface area (Å²) in [5.74, 6) is 2.63. The number of carbonyl (C=O) groups is 1. The van der Waals surface area contributed by atoms with E-state index in [9.17, 15) is 4.79 Å². The summed E-state index contributed by atoms with van der Waals surface area (Å²) in [6.45, 7) is 9.08. The van der Waals surface area contributed by atoms with Crippen LogP contribution < -0.4 is 4.57 Å². The smallest absolute Gasteiger partial charge is 0.348 e. The van der Waals surface area contributed by atoms with Gasteiger partial charge in [-0.25, -0.2) is 13.9 Å². The number of aromatic nitrogens is 2. The highest BCUT2D eigenvalue weighted by Crippen LogP contribution is 2.35. The number of hydrogen-bond donors (Lipinski definition) is 0. The molecule has 0 amide bonds. The highest BCUT2D eigenvalue weighted by Gasteiger charge is 2.34. The zero-order valence-corrected chi connectivity index (χ0v) is 16.2. The lowest BCUT2D eigenvalue weighted by atomic mass is 9.75. The van der Waals surface area contributed by atoms with Crippen LogP contribution in [0.5, 0.6) is 0 Å². The lowest BCUT2D eigenvalue weighted by Gasteiger charge is -2.36. The van der Waals surface area contributed by atoms with Gasteiger partial charge in [-0.05, 0) is 42.7 Å². The van der Waals surface area contributed by atoms with Crippen LogP contribution in [-0.4, -0.2) is 16.6 Å². The largest absolute Gasteiger partial charge is 0.459 e. The van der Waals surface area contributed by atoms with Crippen molar-refractivity contribution in [3.05, 3.63) is 30.1 Å². The van der Waals surface area contributed by atoms with Gasteiger partial charge < -0.3 is 4.74 Å². The minimum Gasteiger partial charge on any atom is -0.459 e. The maximum Gasteiger partial charge on any atom is 0.348 e. The number of carbonyl (C=O) groups excluding carboxylic acids is 1. The Bertz CT molecular complexity index is 763. The van der Waals surface area contributed by atoms with Gasteiger partial charge in [-0.15, -0.1) is 0 Å². The van der Waals surface area contributed by atoms with Crippen molar-refractivity contribution in [2.75, 3.05) is 0 Å². The lowest BCUT2D eigenvalue weighted by molar-refractivity contribution is -0.652. The number of nitrogens with zero attached hydrogens (tertiary/aromatic N) is 2. The molecule has 0 N–H and O–H groups in total. The van der Waals surface area contributed by atoms with Crippen LogP contribution in [0.25, 0.3) is 11.0 Å². The van der Waals surface area contributed by atoms with Crippen LogP contribution in [-0.2, 0) is 23.1 Å². The normalized spacial score (nSPS) is 24.0. The molecule has 25 heavy (non-hydrogen) atoms. The van der Waals surface area contributed by atoms with E-state index >= 15 is 0 Å². The third-order valence-electron chi connectivity index (χ3n) is 5.94. The number of ether oxygens (including phenoxy) is 1. The third kappa shape index (κ3) is 3.58. The molecule has 1 aliphatic rings. The Morgan fingerprint density at radius 3 is 2.76 bits per heavy atom. The van der Waals surface area contributed by atoms with Crippen LogP contribution in [0, 0.1) is 24.7 Å². The SMILES string of the molecule is Cc1n(CC(=O)O[C@H]2C[C@@H](C)CC[C@@H]2C(C)C)c2ccccc2[n+]1C. The summed E-state index contributed by atoms with van der Waals surface area (Å²) >= 11 is 0. The van der Waals surface area contributed by atoms with Crippen molar-refractivity contribution in [3.8, 4) is 0 Å². The van der Waals surface area contributed by atoms with Crippen molar-refractivity contribution >= 4 is 17.0 Å². The third-order valence-corrected chi connectivity index (χ3v) is 5.94. The second-order valence-corrected chi connectivity index (χ2v) is 8.04. The van der Waals surface area contributed by atoms with Crippen LogP contribution in [0.3, 0.4) is 0 Å². The van der Waals surface area contributed by atoms with Gasteiger partial charge in [0.1, 0.15) is 6.10 Å². The number of para-hydroxylation sites is 2. The first-order valence-corrected chi connectivity index (χ1v) is 9.51. The minimum atomic E-state index is -0.116. The van der Waals surface area contributed by atoms with Gasteiger partial charge in [0.15, 0.2) is 17.6 Å². The van der Waals surface area contributed by atoms with Gasteiger partial charge in [0.05, 0.1) is 7.05 Å². The molecule has 1 heterocycles. The molecule has 4 nitrogen and oxygen atoms in total. The Hall–Kier alpha value is -1.84. The molecule has 0 saturated heterocycles. The molecule has 0 spiro atoms. The number of imidazole rings is 1. The number of aryl methyl sites for hydroxylation is 1. The van der Waals surface area contributed by atoms with Gasteiger partial charge in [-0.1, -0.05) is 39.3 Å². The summed E-state index contributed by atoms with van der Waals surface area (Å²) in [6.07, 6.45) is 3.46. The Balaban J connectivity index is 1.77. The Labute approximate surface area is 150 Å². The zero-order chi connectivity index (χ0) is 18.1. The van der Waals surface area contributed by atoms with E-state index in [1.54, 1.807) is 0 Å². The van der Waals surface area contributed by atoms with Gasteiger partial charge in [-0.2, -0.15) is 0 Å². The molecule has 0 unspecified atom stereocenters. The Morgan fingerprint density at radius 2 is 2.04 bits per heavy atom. The van der Waals surface area contributed by atoms with E-state index in [4.69, 9.17) is 4.74 Å². The first-order chi connectivity index (χ1) is 11.9. The standard InChI is InChI=1S/C21H31N2O2/c1-14(2)17-11-10-15(3)12-20(17)25-21(24)13-23-16(4)22(5)18-8-6-7-9-19(18)23/h6-9,14-15,17,20H,10-13H2,1-5H3/q+1/t15-,17+,20-/m0/s1. The molecule has 3 atom stereocenters. The number of rotatable bonds is 4. The van der Waals surface area contributed by atoms with Crippen LogP contribution >= 0.6 is 0 Å². The van der Waals surface area contributed by atoms with E-state index in [-0.39, 0.29) is 18.6 Å². The molecular weight excluding hydrogens is 312 g/mol. The van der Waals surface area contributed by atoms with E-state index in [0.29, 0.717) is 17.8 Å². The van der Waals surface area contributed by atoms with Crippen molar-refractivity contribution < 1.29 is 14.1 Å². The van der Waals surface area contributed by atoms with E-state index in [2.05, 4.69) is 42.0 Å². The Kier molecular flexibility index (Phi) is 5.16. The van der Waals surface area contributed by atoms with Gasteiger partial charge in [0.2, 0.25) is 0 Å². The lowest BCUT2D eigenvalue weighted by Crippen LogP contribution is -2.37. The zero-order valence-electron chi connectivity index (χ0n) is 16.2. The van der Waals surface area contributed by atoms with Crippen LogP contribution in [0.1, 0.15) is 45.9 Å². The van der Waals surface area contributed by atoms with Crippen LogP contribution in [0.2, 0.25) is 0 Å². The first kappa shape index (κ1) is 18.0. The fourth-order valence-electron chi connectivity index (χ4n) is 4.29. The number of benzene rings is 1. The van der Waals surface area contributed by atoms with Gasteiger partial charge in [-0.3, -0.25) is 0 Å². The van der Waals surface area contributed by atoms with Gasteiger partial charge >= 0.3 is 5.97 Å². The molecule has 136 valence electrons. The monoisotopic (exact) mass is 343 g/mol. The number of hydrogen-bond acceptors (Lipinski definition) is 2. The molecule has 0 radical (unpaired) electrons. The summed E-state index contributed by atoms with van der Waals surface area (Å²) in [5, 5.41) is 0. The van der Waals surface area contributed by atoms with Crippen LogP contribution in [0.15, 0.2) is 24.3 Å². The molecule has 0 bridgehead atoms. The maximum atomic E-state index is 12.7. The molecule has 2 aromatic rings. The van der Waals surface area contributed by atoms with E-state index in [1.165, 1.54) is 6.42 Å². The molecule has 1 aliphatic carbocycles. The summed E-state index contributed by atoms with van der Waals surface area (Å²) in [5.41, 5.74) is 2.22. The summed E-state index contributed by atoms with van der Waals surface area (Å²) in [4.78, 5) is 12.7.